The molecule has 0 bridgehead atoms. The maximum absolute atomic E-state index is 11.7. The Kier molecular flexibility index (Phi) is 15.2. The SMILES string of the molecule is NC[C@@H]1O[C@H](O[C@H]2[C@@H](O)[C@H](O[C@@H]3[C@@H](O)[C@H](CC(CO)CO)C[C@H](N)[C@H]3O[C@H]3O[C@H](CNCC4CC(N)C4)CC[C@H]3N)O[C@@H]2CO)[C@H](N)[C@@H](O)[C@@H]1O. The average molecular weight is 739 g/mol. The van der Waals surface area contributed by atoms with Gasteiger partial charge in [-0.15, -0.1) is 0 Å². The molecule has 51 heavy (non-hydrogen) atoms. The Bertz CT molecular complexity index is 1050. The summed E-state index contributed by atoms with van der Waals surface area (Å²) in [7, 11) is 0. The first kappa shape index (κ1) is 41.4. The minimum absolute atomic E-state index is 0.152. The molecule has 5 fully saturated rings. The third kappa shape index (κ3) is 9.74. The molecule has 18 N–H and O–H groups in total. The highest BCUT2D eigenvalue weighted by atomic mass is 16.8. The van der Waals surface area contributed by atoms with Crippen LogP contribution >= 0.6 is 0 Å². The molecule has 0 aromatic heterocycles. The molecule has 5 aliphatic rings. The molecule has 0 spiro atoms. The Morgan fingerprint density at radius 3 is 1.98 bits per heavy atom. The fourth-order valence-corrected chi connectivity index (χ4v) is 7.96. The molecule has 2 aliphatic carbocycles. The summed E-state index contributed by atoms with van der Waals surface area (Å²) in [6.07, 6.45) is -11.4. The summed E-state index contributed by atoms with van der Waals surface area (Å²) in [6, 6.07) is -2.19. The van der Waals surface area contributed by atoms with Crippen LogP contribution in [-0.4, -0.2) is 179 Å². The summed E-state index contributed by atoms with van der Waals surface area (Å²) in [5.74, 6) is -0.523. The van der Waals surface area contributed by atoms with Crippen LogP contribution in [0.25, 0.3) is 0 Å². The van der Waals surface area contributed by atoms with Crippen molar-refractivity contribution in [3.63, 3.8) is 0 Å². The molecule has 0 radical (unpaired) electrons. The van der Waals surface area contributed by atoms with E-state index in [1.54, 1.807) is 0 Å². The van der Waals surface area contributed by atoms with Gasteiger partial charge in [-0.25, -0.2) is 0 Å². The van der Waals surface area contributed by atoms with Crippen molar-refractivity contribution in [2.24, 2.45) is 46.4 Å². The van der Waals surface area contributed by atoms with E-state index in [-0.39, 0.29) is 44.7 Å². The molecule has 0 aromatic rings. The normalized spacial score (nSPS) is 47.8. The van der Waals surface area contributed by atoms with Gasteiger partial charge in [-0.3, -0.25) is 0 Å². The number of aliphatic hydroxyl groups is 7. The summed E-state index contributed by atoms with van der Waals surface area (Å²) < 4.78 is 36.5. The van der Waals surface area contributed by atoms with Gasteiger partial charge in [-0.05, 0) is 56.9 Å². The van der Waals surface area contributed by atoms with E-state index in [1.165, 1.54) is 0 Å². The van der Waals surface area contributed by atoms with Crippen LogP contribution < -0.4 is 34.0 Å². The topological polar surface area (TPSA) is 339 Å². The van der Waals surface area contributed by atoms with Gasteiger partial charge < -0.3 is 98.2 Å². The largest absolute Gasteiger partial charge is 0.396 e. The first-order valence-corrected chi connectivity index (χ1v) is 18.3. The minimum atomic E-state index is -1.57. The third-order valence-corrected chi connectivity index (χ3v) is 11.2. The Morgan fingerprint density at radius 2 is 1.33 bits per heavy atom. The molecule has 3 heterocycles. The van der Waals surface area contributed by atoms with Gasteiger partial charge in [-0.1, -0.05) is 0 Å². The van der Waals surface area contributed by atoms with Crippen LogP contribution in [0, 0.1) is 17.8 Å². The van der Waals surface area contributed by atoms with E-state index in [4.69, 9.17) is 57.1 Å². The van der Waals surface area contributed by atoms with Crippen LogP contribution in [-0.2, 0) is 28.4 Å². The minimum Gasteiger partial charge on any atom is -0.396 e. The Morgan fingerprint density at radius 1 is 0.667 bits per heavy atom. The number of nitrogens with two attached hydrogens (primary N) is 5. The lowest BCUT2D eigenvalue weighted by Crippen LogP contribution is -2.64. The lowest BCUT2D eigenvalue weighted by Gasteiger charge is -2.47. The molecule has 19 heteroatoms. The lowest BCUT2D eigenvalue weighted by atomic mass is 9.75. The molecular formula is C32H62N6O13. The number of hydrogen-bond acceptors (Lipinski definition) is 19. The van der Waals surface area contributed by atoms with Crippen molar-refractivity contribution in [1.29, 1.82) is 0 Å². The number of rotatable bonds is 16. The van der Waals surface area contributed by atoms with Gasteiger partial charge in [0.25, 0.3) is 0 Å². The summed E-state index contributed by atoms with van der Waals surface area (Å²) in [6.45, 7) is 0.0398. The van der Waals surface area contributed by atoms with Crippen LogP contribution in [0.1, 0.15) is 38.5 Å². The van der Waals surface area contributed by atoms with Crippen molar-refractivity contribution in [3.05, 3.63) is 0 Å². The molecule has 19 nitrogen and oxygen atoms in total. The smallest absolute Gasteiger partial charge is 0.187 e. The number of hydrogen-bond donors (Lipinski definition) is 13. The van der Waals surface area contributed by atoms with Crippen molar-refractivity contribution in [2.75, 3.05) is 39.5 Å². The monoisotopic (exact) mass is 738 g/mol. The van der Waals surface area contributed by atoms with Gasteiger partial charge in [0.05, 0.1) is 30.9 Å². The van der Waals surface area contributed by atoms with Crippen molar-refractivity contribution in [1.82, 2.24) is 5.32 Å². The Labute approximate surface area is 298 Å². The van der Waals surface area contributed by atoms with E-state index in [0.717, 1.165) is 19.4 Å². The molecule has 17 atom stereocenters. The van der Waals surface area contributed by atoms with E-state index >= 15 is 0 Å². The standard InChI is InChI=1S/C32H62N6O13/c33-7-20-24(43)25(44)22(37)31(47-20)50-28-21(12-41)48-32(26(28)45)51-29-23(42)15(3-14(10-39)11-40)6-19(36)27(29)49-30-18(35)2-1-17(46-30)9-38-8-13-4-16(34)5-13/h13-32,38-45H,1-12,33-37H2/t13?,15-,16?,17+,18-,19+,20+,21-,22-,23+,24-,25-,26-,27-,28-,29-,30-,31-,32+/m1/s1. The maximum atomic E-state index is 11.7. The van der Waals surface area contributed by atoms with Gasteiger partial charge in [0.2, 0.25) is 0 Å². The number of nitrogens with one attached hydrogen (secondary N) is 1. The quantitative estimate of drug-likeness (QED) is 0.0700. The maximum Gasteiger partial charge on any atom is 0.187 e. The molecule has 0 amide bonds. The van der Waals surface area contributed by atoms with Crippen LogP contribution in [0.3, 0.4) is 0 Å². The zero-order chi connectivity index (χ0) is 37.0. The first-order valence-electron chi connectivity index (χ1n) is 18.3. The predicted molar refractivity (Wildman–Crippen MR) is 178 cm³/mol. The van der Waals surface area contributed by atoms with Crippen LogP contribution in [0.5, 0.6) is 0 Å². The Balaban J connectivity index is 1.29. The average Bonchev–Trinajstić information content (AvgIpc) is 3.40. The molecule has 5 rings (SSSR count). The van der Waals surface area contributed by atoms with Gasteiger partial charge >= 0.3 is 0 Å². The van der Waals surface area contributed by atoms with Crippen LogP contribution in [0.4, 0.5) is 0 Å². The molecule has 0 aromatic carbocycles. The number of ether oxygens (including phenoxy) is 6. The zero-order valence-electron chi connectivity index (χ0n) is 29.0. The molecule has 0 unspecified atom stereocenters. The molecular weight excluding hydrogens is 676 g/mol. The highest BCUT2D eigenvalue weighted by Gasteiger charge is 2.54. The van der Waals surface area contributed by atoms with Gasteiger partial charge in [0, 0.05) is 44.3 Å². The van der Waals surface area contributed by atoms with Crippen molar-refractivity contribution < 1.29 is 64.2 Å². The van der Waals surface area contributed by atoms with Crippen molar-refractivity contribution in [3.8, 4) is 0 Å². The zero-order valence-corrected chi connectivity index (χ0v) is 29.0. The molecule has 3 saturated heterocycles. The summed E-state index contributed by atoms with van der Waals surface area (Å²) in [4.78, 5) is 0. The summed E-state index contributed by atoms with van der Waals surface area (Å²) in [5.41, 5.74) is 30.8. The molecule has 3 aliphatic heterocycles. The van der Waals surface area contributed by atoms with Gasteiger partial charge in [0.1, 0.15) is 48.8 Å². The third-order valence-electron chi connectivity index (χ3n) is 11.2. The first-order chi connectivity index (χ1) is 24.4. The second-order valence-electron chi connectivity index (χ2n) is 15.1. The second kappa shape index (κ2) is 18.7. The summed E-state index contributed by atoms with van der Waals surface area (Å²) >= 11 is 0. The molecule has 298 valence electrons. The second-order valence-corrected chi connectivity index (χ2v) is 15.1. The van der Waals surface area contributed by atoms with Crippen molar-refractivity contribution >= 4 is 0 Å². The highest BCUT2D eigenvalue weighted by molar-refractivity contribution is 5.00. The van der Waals surface area contributed by atoms with E-state index < -0.39 is 110 Å². The van der Waals surface area contributed by atoms with E-state index in [0.29, 0.717) is 25.3 Å². The predicted octanol–water partition coefficient (Wildman–Crippen LogP) is -6.19. The van der Waals surface area contributed by atoms with E-state index in [1.807, 2.05) is 0 Å². The van der Waals surface area contributed by atoms with Gasteiger partial charge in [-0.2, -0.15) is 0 Å². The van der Waals surface area contributed by atoms with Crippen LogP contribution in [0.2, 0.25) is 0 Å². The summed E-state index contributed by atoms with van der Waals surface area (Å²) in [5, 5.41) is 77.0. The molecule has 2 saturated carbocycles. The number of aliphatic hydroxyl groups excluding tert-OH is 7. The highest BCUT2D eigenvalue weighted by Crippen LogP contribution is 2.38. The van der Waals surface area contributed by atoms with E-state index in [9.17, 15) is 35.7 Å². The van der Waals surface area contributed by atoms with Crippen molar-refractivity contribution in [2.45, 2.75) is 143 Å². The van der Waals surface area contributed by atoms with E-state index in [2.05, 4.69) is 5.32 Å². The fourth-order valence-electron chi connectivity index (χ4n) is 7.96. The lowest BCUT2D eigenvalue weighted by molar-refractivity contribution is -0.293. The Hall–Kier alpha value is -0.760. The fraction of sp³-hybridized carbons (Fsp3) is 1.00. The van der Waals surface area contributed by atoms with Crippen LogP contribution in [0.15, 0.2) is 0 Å². The van der Waals surface area contributed by atoms with Gasteiger partial charge in [0.15, 0.2) is 18.9 Å².